The van der Waals surface area contributed by atoms with Crippen LogP contribution in [-0.2, 0) is 4.79 Å². The van der Waals surface area contributed by atoms with Crippen molar-refractivity contribution in [1.82, 2.24) is 10.3 Å². The Kier molecular flexibility index (Phi) is 2.97. The van der Waals surface area contributed by atoms with Crippen molar-refractivity contribution in [2.45, 2.75) is 13.0 Å². The molecule has 0 aliphatic carbocycles. The van der Waals surface area contributed by atoms with E-state index < -0.39 is 11.9 Å². The van der Waals surface area contributed by atoms with Crippen LogP contribution in [0.3, 0.4) is 0 Å². The highest BCUT2D eigenvalue weighted by Crippen LogP contribution is 2.04. The largest absolute Gasteiger partial charge is 0.368 e. The zero-order chi connectivity index (χ0) is 9.84. The first-order valence-corrected chi connectivity index (χ1v) is 4.48. The van der Waals surface area contributed by atoms with Gasteiger partial charge in [0, 0.05) is 0 Å². The number of nitrogens with two attached hydrogens (primary N) is 1. The van der Waals surface area contributed by atoms with Gasteiger partial charge in [0.1, 0.15) is 10.9 Å². The first-order chi connectivity index (χ1) is 6.11. The van der Waals surface area contributed by atoms with Crippen LogP contribution in [-0.4, -0.2) is 22.8 Å². The number of hydrogen-bond acceptors (Lipinski definition) is 4. The summed E-state index contributed by atoms with van der Waals surface area (Å²) < 4.78 is 0. The fourth-order valence-corrected chi connectivity index (χ4v) is 1.19. The summed E-state index contributed by atoms with van der Waals surface area (Å²) in [5.74, 6) is -0.883. The molecule has 2 amide bonds. The molecule has 1 atom stereocenters. The number of amides is 2. The van der Waals surface area contributed by atoms with Gasteiger partial charge in [-0.1, -0.05) is 0 Å². The Bertz CT molecular complexity index is 310. The molecule has 5 nitrogen and oxygen atoms in total. The van der Waals surface area contributed by atoms with Gasteiger partial charge in [0.15, 0.2) is 0 Å². The Labute approximate surface area is 79.0 Å². The van der Waals surface area contributed by atoms with Gasteiger partial charge in [-0.3, -0.25) is 14.6 Å². The zero-order valence-corrected chi connectivity index (χ0v) is 7.80. The normalized spacial score (nSPS) is 12.1. The molecule has 3 N–H and O–H groups in total. The number of nitrogens with one attached hydrogen (secondary N) is 1. The fraction of sp³-hybridized carbons (Fsp3) is 0.286. The number of carbonyl (C=O) groups is 2. The van der Waals surface area contributed by atoms with Crippen molar-refractivity contribution in [3.05, 3.63) is 16.6 Å². The molecule has 0 fully saturated rings. The summed E-state index contributed by atoms with van der Waals surface area (Å²) >= 11 is 1.21. The third-order valence-electron chi connectivity index (χ3n) is 1.43. The number of nitrogens with zero attached hydrogens (tertiary/aromatic N) is 1. The van der Waals surface area contributed by atoms with E-state index in [4.69, 9.17) is 5.73 Å². The molecule has 70 valence electrons. The second-order valence-electron chi connectivity index (χ2n) is 2.46. The number of thiazole rings is 1. The third-order valence-corrected chi connectivity index (χ3v) is 2.20. The number of hydrogen-bond donors (Lipinski definition) is 2. The van der Waals surface area contributed by atoms with Gasteiger partial charge in [0.05, 0.1) is 11.7 Å². The van der Waals surface area contributed by atoms with Crippen molar-refractivity contribution in [3.8, 4) is 0 Å². The van der Waals surface area contributed by atoms with E-state index in [2.05, 4.69) is 10.3 Å². The molecule has 13 heavy (non-hydrogen) atoms. The summed E-state index contributed by atoms with van der Waals surface area (Å²) in [6.45, 7) is 1.53. The highest BCUT2D eigenvalue weighted by atomic mass is 32.1. The quantitative estimate of drug-likeness (QED) is 0.703. The highest BCUT2D eigenvalue weighted by molar-refractivity contribution is 7.11. The lowest BCUT2D eigenvalue weighted by Gasteiger charge is -2.07. The summed E-state index contributed by atoms with van der Waals surface area (Å²) in [5, 5.41) is 2.44. The lowest BCUT2D eigenvalue weighted by molar-refractivity contribution is -0.119. The molecule has 0 bridgehead atoms. The molecule has 0 radical (unpaired) electrons. The van der Waals surface area contributed by atoms with Crippen LogP contribution < -0.4 is 11.1 Å². The van der Waals surface area contributed by atoms with Crippen LogP contribution in [0.15, 0.2) is 11.7 Å². The van der Waals surface area contributed by atoms with E-state index >= 15 is 0 Å². The average molecular weight is 199 g/mol. The zero-order valence-electron chi connectivity index (χ0n) is 6.98. The number of carbonyl (C=O) groups excluding carboxylic acids is 2. The average Bonchev–Trinajstić information content (AvgIpc) is 2.55. The fourth-order valence-electron chi connectivity index (χ4n) is 0.667. The van der Waals surface area contributed by atoms with Gasteiger partial charge in [0.2, 0.25) is 5.91 Å². The number of primary amides is 1. The van der Waals surface area contributed by atoms with Gasteiger partial charge in [-0.15, -0.1) is 11.3 Å². The molecular formula is C7H9N3O2S. The van der Waals surface area contributed by atoms with Gasteiger partial charge in [-0.25, -0.2) is 0 Å². The summed E-state index contributed by atoms with van der Waals surface area (Å²) in [5.41, 5.74) is 6.52. The summed E-state index contributed by atoms with van der Waals surface area (Å²) in [6.07, 6.45) is 1.44. The molecule has 0 unspecified atom stereocenters. The Balaban J connectivity index is 2.56. The second-order valence-corrected chi connectivity index (χ2v) is 3.35. The van der Waals surface area contributed by atoms with Crippen LogP contribution in [0.25, 0.3) is 0 Å². The smallest absolute Gasteiger partial charge is 0.263 e. The minimum absolute atomic E-state index is 0.325. The number of aromatic nitrogens is 1. The van der Waals surface area contributed by atoms with Crippen LogP contribution in [0, 0.1) is 0 Å². The summed E-state index contributed by atoms with van der Waals surface area (Å²) in [7, 11) is 0. The van der Waals surface area contributed by atoms with Crippen LogP contribution in [0.1, 0.15) is 16.6 Å². The van der Waals surface area contributed by atoms with Crippen LogP contribution in [0.5, 0.6) is 0 Å². The van der Waals surface area contributed by atoms with E-state index in [1.54, 1.807) is 5.51 Å². The molecule has 1 aromatic rings. The minimum atomic E-state index is -0.658. The molecule has 1 aromatic heterocycles. The van der Waals surface area contributed by atoms with Crippen LogP contribution in [0.4, 0.5) is 0 Å². The second kappa shape index (κ2) is 3.99. The monoisotopic (exact) mass is 199 g/mol. The van der Waals surface area contributed by atoms with Crippen LogP contribution >= 0.6 is 11.3 Å². The molecular weight excluding hydrogens is 190 g/mol. The molecule has 1 heterocycles. The van der Waals surface area contributed by atoms with E-state index in [0.717, 1.165) is 0 Å². The topological polar surface area (TPSA) is 85.1 Å². The van der Waals surface area contributed by atoms with Crippen molar-refractivity contribution >= 4 is 23.2 Å². The van der Waals surface area contributed by atoms with Crippen molar-refractivity contribution in [2.24, 2.45) is 5.73 Å². The summed E-state index contributed by atoms with van der Waals surface area (Å²) in [6, 6.07) is -0.658. The van der Waals surface area contributed by atoms with Gasteiger partial charge in [0.25, 0.3) is 5.91 Å². The van der Waals surface area contributed by atoms with Gasteiger partial charge in [-0.2, -0.15) is 0 Å². The maximum absolute atomic E-state index is 11.3. The van der Waals surface area contributed by atoms with E-state index in [1.165, 1.54) is 24.5 Å². The first kappa shape index (κ1) is 9.66. The van der Waals surface area contributed by atoms with Crippen molar-refractivity contribution < 1.29 is 9.59 Å². The Morgan fingerprint density at radius 2 is 2.38 bits per heavy atom. The molecule has 0 saturated carbocycles. The van der Waals surface area contributed by atoms with Gasteiger partial charge < -0.3 is 11.1 Å². The molecule has 0 aliphatic heterocycles. The molecule has 6 heteroatoms. The van der Waals surface area contributed by atoms with E-state index in [-0.39, 0.29) is 5.91 Å². The Hall–Kier alpha value is -1.43. The molecule has 0 saturated heterocycles. The van der Waals surface area contributed by atoms with Gasteiger partial charge >= 0.3 is 0 Å². The maximum atomic E-state index is 11.3. The standard InChI is InChI=1S/C7H9N3O2S/c1-4(6(8)11)10-7(12)5-2-9-3-13-5/h2-4H,1H3,(H2,8,11)(H,10,12)/t4-/m1/s1. The molecule has 0 aromatic carbocycles. The third kappa shape index (κ3) is 2.51. The first-order valence-electron chi connectivity index (χ1n) is 3.60. The van der Waals surface area contributed by atoms with Crippen molar-refractivity contribution in [1.29, 1.82) is 0 Å². The van der Waals surface area contributed by atoms with Crippen LogP contribution in [0.2, 0.25) is 0 Å². The van der Waals surface area contributed by atoms with E-state index in [0.29, 0.717) is 4.88 Å². The minimum Gasteiger partial charge on any atom is -0.368 e. The predicted octanol–water partition coefficient (Wildman–Crippen LogP) is -0.253. The SMILES string of the molecule is C[C@@H](NC(=O)c1cncs1)C(N)=O. The van der Waals surface area contributed by atoms with E-state index in [1.807, 2.05) is 0 Å². The lowest BCUT2D eigenvalue weighted by atomic mass is 10.3. The highest BCUT2D eigenvalue weighted by Gasteiger charge is 2.14. The number of rotatable bonds is 3. The van der Waals surface area contributed by atoms with Crippen molar-refractivity contribution in [2.75, 3.05) is 0 Å². The lowest BCUT2D eigenvalue weighted by Crippen LogP contribution is -2.41. The Morgan fingerprint density at radius 1 is 1.69 bits per heavy atom. The summed E-state index contributed by atoms with van der Waals surface area (Å²) in [4.78, 5) is 26.1. The van der Waals surface area contributed by atoms with Crippen molar-refractivity contribution in [3.63, 3.8) is 0 Å². The van der Waals surface area contributed by atoms with Gasteiger partial charge in [-0.05, 0) is 6.92 Å². The molecule has 0 aliphatic rings. The maximum Gasteiger partial charge on any atom is 0.263 e. The predicted molar refractivity (Wildman–Crippen MR) is 48.2 cm³/mol. The molecule has 0 spiro atoms. The molecule has 1 rings (SSSR count). The Morgan fingerprint density at radius 3 is 2.85 bits per heavy atom. The van der Waals surface area contributed by atoms with E-state index in [9.17, 15) is 9.59 Å².